The Morgan fingerprint density at radius 3 is 2.63 bits per heavy atom. The number of nitrogens with one attached hydrogen (secondary N) is 2. The SMILES string of the molecule is OCc1ccccc1NC(=S)Nc1cccc(F)c1. The van der Waals surface area contributed by atoms with Gasteiger partial charge in [-0.05, 0) is 36.5 Å². The minimum Gasteiger partial charge on any atom is -0.392 e. The molecule has 0 saturated carbocycles. The highest BCUT2D eigenvalue weighted by atomic mass is 32.1. The van der Waals surface area contributed by atoms with Gasteiger partial charge >= 0.3 is 0 Å². The molecule has 2 rings (SSSR count). The van der Waals surface area contributed by atoms with E-state index >= 15 is 0 Å². The van der Waals surface area contributed by atoms with Gasteiger partial charge in [-0.2, -0.15) is 0 Å². The molecular formula is C14H13FN2OS. The number of aliphatic hydroxyl groups is 1. The first-order valence-corrected chi connectivity index (χ1v) is 6.12. The molecule has 0 unspecified atom stereocenters. The molecule has 98 valence electrons. The van der Waals surface area contributed by atoms with E-state index in [2.05, 4.69) is 10.6 Å². The van der Waals surface area contributed by atoms with Gasteiger partial charge in [0.2, 0.25) is 0 Å². The highest BCUT2D eigenvalue weighted by molar-refractivity contribution is 7.80. The maximum atomic E-state index is 13.0. The summed E-state index contributed by atoms with van der Waals surface area (Å²) < 4.78 is 13.0. The number of para-hydroxylation sites is 1. The lowest BCUT2D eigenvalue weighted by molar-refractivity contribution is 0.282. The van der Waals surface area contributed by atoms with Gasteiger partial charge in [0.25, 0.3) is 0 Å². The molecule has 2 aromatic carbocycles. The summed E-state index contributed by atoms with van der Waals surface area (Å²) in [7, 11) is 0. The molecule has 2 aromatic rings. The number of anilines is 2. The van der Waals surface area contributed by atoms with Crippen molar-refractivity contribution in [3.63, 3.8) is 0 Å². The molecule has 0 fully saturated rings. The fraction of sp³-hybridized carbons (Fsp3) is 0.0714. The number of rotatable bonds is 3. The van der Waals surface area contributed by atoms with Gasteiger partial charge in [-0.1, -0.05) is 24.3 Å². The molecular weight excluding hydrogens is 263 g/mol. The second-order valence-electron chi connectivity index (χ2n) is 3.90. The van der Waals surface area contributed by atoms with Crippen LogP contribution in [-0.4, -0.2) is 10.2 Å². The predicted molar refractivity (Wildman–Crippen MR) is 78.6 cm³/mol. The van der Waals surface area contributed by atoms with Crippen molar-refractivity contribution in [2.75, 3.05) is 10.6 Å². The zero-order valence-corrected chi connectivity index (χ0v) is 10.9. The molecule has 0 bridgehead atoms. The van der Waals surface area contributed by atoms with Crippen molar-refractivity contribution < 1.29 is 9.50 Å². The fourth-order valence-electron chi connectivity index (χ4n) is 1.63. The Labute approximate surface area is 116 Å². The monoisotopic (exact) mass is 276 g/mol. The van der Waals surface area contributed by atoms with Gasteiger partial charge in [-0.15, -0.1) is 0 Å². The number of halogens is 1. The largest absolute Gasteiger partial charge is 0.392 e. The van der Waals surface area contributed by atoms with Gasteiger partial charge in [-0.25, -0.2) is 4.39 Å². The van der Waals surface area contributed by atoms with Crippen molar-refractivity contribution in [3.05, 3.63) is 59.9 Å². The van der Waals surface area contributed by atoms with Crippen LogP contribution in [0.3, 0.4) is 0 Å². The molecule has 0 spiro atoms. The van der Waals surface area contributed by atoms with Crippen LogP contribution in [0.25, 0.3) is 0 Å². The lowest BCUT2D eigenvalue weighted by Gasteiger charge is -2.13. The van der Waals surface area contributed by atoms with E-state index in [-0.39, 0.29) is 12.4 Å². The van der Waals surface area contributed by atoms with E-state index in [9.17, 15) is 9.50 Å². The highest BCUT2D eigenvalue weighted by Crippen LogP contribution is 2.16. The Morgan fingerprint density at radius 2 is 1.89 bits per heavy atom. The molecule has 5 heteroatoms. The van der Waals surface area contributed by atoms with E-state index in [0.717, 1.165) is 11.3 Å². The Kier molecular flexibility index (Phi) is 4.43. The Balaban J connectivity index is 2.05. The van der Waals surface area contributed by atoms with Crippen LogP contribution in [0.4, 0.5) is 15.8 Å². The quantitative estimate of drug-likeness (QED) is 0.754. The van der Waals surface area contributed by atoms with Crippen LogP contribution in [0.15, 0.2) is 48.5 Å². The van der Waals surface area contributed by atoms with Gasteiger partial charge in [0.05, 0.1) is 6.61 Å². The van der Waals surface area contributed by atoms with Crippen LogP contribution < -0.4 is 10.6 Å². The van der Waals surface area contributed by atoms with Crippen LogP contribution in [0, 0.1) is 5.82 Å². The van der Waals surface area contributed by atoms with Crippen molar-refractivity contribution in [2.45, 2.75) is 6.61 Å². The molecule has 0 aliphatic heterocycles. The summed E-state index contributed by atoms with van der Waals surface area (Å²) >= 11 is 5.14. The van der Waals surface area contributed by atoms with Crippen molar-refractivity contribution in [3.8, 4) is 0 Å². The molecule has 0 aliphatic rings. The van der Waals surface area contributed by atoms with Crippen LogP contribution in [0.2, 0.25) is 0 Å². The fourth-order valence-corrected chi connectivity index (χ4v) is 1.86. The summed E-state index contributed by atoms with van der Waals surface area (Å²) in [5.41, 5.74) is 2.03. The first kappa shape index (κ1) is 13.5. The Hall–Kier alpha value is -1.98. The number of benzene rings is 2. The van der Waals surface area contributed by atoms with E-state index in [4.69, 9.17) is 12.2 Å². The van der Waals surface area contributed by atoms with Gasteiger partial charge in [0.1, 0.15) is 5.82 Å². The van der Waals surface area contributed by atoms with E-state index < -0.39 is 0 Å². The lowest BCUT2D eigenvalue weighted by atomic mass is 10.2. The number of thiocarbonyl (C=S) groups is 1. The van der Waals surface area contributed by atoms with Crippen LogP contribution in [-0.2, 0) is 6.61 Å². The normalized spacial score (nSPS) is 10.0. The molecule has 3 N–H and O–H groups in total. The number of hydrogen-bond acceptors (Lipinski definition) is 2. The molecule has 0 aromatic heterocycles. The summed E-state index contributed by atoms with van der Waals surface area (Å²) in [5.74, 6) is -0.330. The first-order chi connectivity index (χ1) is 9.19. The molecule has 0 aliphatic carbocycles. The summed E-state index contributed by atoms with van der Waals surface area (Å²) in [5, 5.41) is 15.4. The van der Waals surface area contributed by atoms with E-state index in [1.807, 2.05) is 18.2 Å². The summed E-state index contributed by atoms with van der Waals surface area (Å²) in [6.07, 6.45) is 0. The van der Waals surface area contributed by atoms with Crippen LogP contribution in [0.1, 0.15) is 5.56 Å². The Morgan fingerprint density at radius 1 is 1.11 bits per heavy atom. The van der Waals surface area contributed by atoms with E-state index in [1.54, 1.807) is 18.2 Å². The van der Waals surface area contributed by atoms with Crippen LogP contribution in [0.5, 0.6) is 0 Å². The summed E-state index contributed by atoms with van der Waals surface area (Å²) in [6.45, 7) is -0.0776. The molecule has 0 saturated heterocycles. The second-order valence-corrected chi connectivity index (χ2v) is 4.31. The molecule has 0 amide bonds. The summed E-state index contributed by atoms with van der Waals surface area (Å²) in [6, 6.07) is 13.3. The molecule has 19 heavy (non-hydrogen) atoms. The molecule has 3 nitrogen and oxygen atoms in total. The van der Waals surface area contributed by atoms with Gasteiger partial charge in [0.15, 0.2) is 5.11 Å². The third-order valence-corrected chi connectivity index (χ3v) is 2.72. The molecule has 0 atom stereocenters. The van der Waals surface area contributed by atoms with Crippen molar-refractivity contribution in [2.24, 2.45) is 0 Å². The van der Waals surface area contributed by atoms with E-state index in [1.165, 1.54) is 12.1 Å². The first-order valence-electron chi connectivity index (χ1n) is 5.71. The average molecular weight is 276 g/mol. The van der Waals surface area contributed by atoms with Crippen molar-refractivity contribution in [1.29, 1.82) is 0 Å². The van der Waals surface area contributed by atoms with Gasteiger partial charge < -0.3 is 15.7 Å². The number of hydrogen-bond donors (Lipinski definition) is 3. The van der Waals surface area contributed by atoms with E-state index in [0.29, 0.717) is 10.8 Å². The smallest absolute Gasteiger partial charge is 0.175 e. The standard InChI is InChI=1S/C14H13FN2OS/c15-11-5-3-6-12(8-11)16-14(19)17-13-7-2-1-4-10(13)9-18/h1-8,18H,9H2,(H2,16,17,19). The average Bonchev–Trinajstić information content (AvgIpc) is 2.39. The molecule has 0 heterocycles. The second kappa shape index (κ2) is 6.26. The lowest BCUT2D eigenvalue weighted by Crippen LogP contribution is -2.20. The minimum absolute atomic E-state index is 0.0776. The van der Waals surface area contributed by atoms with Gasteiger partial charge in [-0.3, -0.25) is 0 Å². The maximum Gasteiger partial charge on any atom is 0.175 e. The maximum absolute atomic E-state index is 13.0. The highest BCUT2D eigenvalue weighted by Gasteiger charge is 2.03. The van der Waals surface area contributed by atoms with Gasteiger partial charge in [0, 0.05) is 16.9 Å². The zero-order chi connectivity index (χ0) is 13.7. The van der Waals surface area contributed by atoms with Crippen molar-refractivity contribution in [1.82, 2.24) is 0 Å². The summed E-state index contributed by atoms with van der Waals surface area (Å²) in [4.78, 5) is 0. The minimum atomic E-state index is -0.330. The molecule has 0 radical (unpaired) electrons. The zero-order valence-electron chi connectivity index (χ0n) is 10.1. The topological polar surface area (TPSA) is 44.3 Å². The van der Waals surface area contributed by atoms with Crippen molar-refractivity contribution >= 4 is 28.7 Å². The predicted octanol–water partition coefficient (Wildman–Crippen LogP) is 3.13. The van der Waals surface area contributed by atoms with Crippen LogP contribution >= 0.6 is 12.2 Å². The third-order valence-electron chi connectivity index (χ3n) is 2.52. The third kappa shape index (κ3) is 3.74. The number of aliphatic hydroxyl groups excluding tert-OH is 1. The Bertz CT molecular complexity index is 589.